The zero-order chi connectivity index (χ0) is 18.8. The maximum Gasteiger partial charge on any atom is 0.291 e. The molecule has 0 unspecified atom stereocenters. The maximum absolute atomic E-state index is 12.6. The van der Waals surface area contributed by atoms with Crippen LogP contribution in [0.5, 0.6) is 5.75 Å². The quantitative estimate of drug-likeness (QED) is 0.550. The van der Waals surface area contributed by atoms with Gasteiger partial charge in [-0.05, 0) is 42.3 Å². The Kier molecular flexibility index (Phi) is 4.56. The van der Waals surface area contributed by atoms with Crippen LogP contribution in [-0.4, -0.2) is 21.7 Å². The summed E-state index contributed by atoms with van der Waals surface area (Å²) in [7, 11) is 1.62. The zero-order valence-corrected chi connectivity index (χ0v) is 15.7. The van der Waals surface area contributed by atoms with Gasteiger partial charge in [-0.25, -0.2) is 0 Å². The van der Waals surface area contributed by atoms with Crippen molar-refractivity contribution in [3.05, 3.63) is 85.9 Å². The Balaban J connectivity index is 1.64. The minimum Gasteiger partial charge on any atom is -0.497 e. The second-order valence-corrected chi connectivity index (χ2v) is 7.11. The molecule has 2 heterocycles. The van der Waals surface area contributed by atoms with Gasteiger partial charge in [0.25, 0.3) is 5.56 Å². The number of aryl methyl sites for hydroxylation is 1. The van der Waals surface area contributed by atoms with Gasteiger partial charge in [0.1, 0.15) is 5.75 Å². The molecule has 0 spiro atoms. The van der Waals surface area contributed by atoms with Gasteiger partial charge < -0.3 is 4.74 Å². The summed E-state index contributed by atoms with van der Waals surface area (Å²) >= 11 is 1.33. The minimum absolute atomic E-state index is 0.159. The van der Waals surface area contributed by atoms with Crippen LogP contribution in [0.3, 0.4) is 0 Å². The first kappa shape index (κ1) is 17.2. The van der Waals surface area contributed by atoms with Crippen LogP contribution < -0.4 is 14.8 Å². The fraction of sp³-hybridized carbons (Fsp3) is 0.0952. The Morgan fingerprint density at radius 2 is 1.70 bits per heavy atom. The lowest BCUT2D eigenvalue weighted by molar-refractivity contribution is 0.415. The van der Waals surface area contributed by atoms with E-state index in [9.17, 15) is 4.79 Å². The summed E-state index contributed by atoms with van der Waals surface area (Å²) in [4.78, 5) is 17.6. The summed E-state index contributed by atoms with van der Waals surface area (Å²) < 4.78 is 7.11. The average Bonchev–Trinajstić information content (AvgIpc) is 3.21. The molecule has 4 aromatic rings. The summed E-state index contributed by atoms with van der Waals surface area (Å²) in [6, 6.07) is 15.7. The molecule has 0 fully saturated rings. The van der Waals surface area contributed by atoms with Crippen LogP contribution in [-0.2, 0) is 0 Å². The number of aromatic nitrogens is 3. The molecule has 134 valence electrons. The van der Waals surface area contributed by atoms with Crippen molar-refractivity contribution in [3.8, 4) is 5.75 Å². The van der Waals surface area contributed by atoms with E-state index in [0.717, 1.165) is 16.9 Å². The van der Waals surface area contributed by atoms with Crippen molar-refractivity contribution in [1.82, 2.24) is 14.6 Å². The second kappa shape index (κ2) is 7.17. The van der Waals surface area contributed by atoms with Crippen LogP contribution in [0.15, 0.2) is 53.3 Å². The maximum atomic E-state index is 12.6. The normalized spacial score (nSPS) is 12.3. The molecule has 4 rings (SSSR count). The Bertz CT molecular complexity index is 1220. The molecule has 5 nitrogen and oxygen atoms in total. The van der Waals surface area contributed by atoms with Crippen LogP contribution in [0.25, 0.3) is 23.2 Å². The topological polar surface area (TPSA) is 56.5 Å². The predicted molar refractivity (Wildman–Crippen MR) is 109 cm³/mol. The van der Waals surface area contributed by atoms with E-state index in [-0.39, 0.29) is 5.56 Å². The van der Waals surface area contributed by atoms with Gasteiger partial charge in [0, 0.05) is 0 Å². The predicted octanol–water partition coefficient (Wildman–Crippen LogP) is 3.19. The van der Waals surface area contributed by atoms with Gasteiger partial charge in [-0.2, -0.15) is 9.50 Å². The number of hydrogen-bond acceptors (Lipinski definition) is 5. The number of methoxy groups -OCH3 is 1. The van der Waals surface area contributed by atoms with Crippen molar-refractivity contribution >= 4 is 34.5 Å². The first-order valence-electron chi connectivity index (χ1n) is 8.42. The molecule has 2 aromatic carbocycles. The molecular weight excluding hydrogens is 358 g/mol. The van der Waals surface area contributed by atoms with Gasteiger partial charge in [-0.15, -0.1) is 5.10 Å². The fourth-order valence-corrected chi connectivity index (χ4v) is 3.53. The van der Waals surface area contributed by atoms with Gasteiger partial charge >= 0.3 is 0 Å². The summed E-state index contributed by atoms with van der Waals surface area (Å²) in [5.41, 5.74) is 3.05. The van der Waals surface area contributed by atoms with Gasteiger partial charge in [-0.1, -0.05) is 59.4 Å². The largest absolute Gasteiger partial charge is 0.497 e. The summed E-state index contributed by atoms with van der Waals surface area (Å²) in [6.07, 6.45) is 5.59. The van der Waals surface area contributed by atoms with Crippen LogP contribution in [0, 0.1) is 6.92 Å². The molecular formula is C21H17N3O2S. The van der Waals surface area contributed by atoms with Crippen molar-refractivity contribution < 1.29 is 4.74 Å². The third-order valence-corrected chi connectivity index (χ3v) is 5.07. The highest BCUT2D eigenvalue weighted by Gasteiger charge is 2.08. The zero-order valence-electron chi connectivity index (χ0n) is 14.9. The molecule has 2 aromatic heterocycles. The van der Waals surface area contributed by atoms with Gasteiger partial charge in [0.2, 0.25) is 4.96 Å². The molecule has 0 bridgehead atoms. The number of thiazole rings is 1. The molecule has 0 aliphatic rings. The third-order valence-electron chi connectivity index (χ3n) is 4.11. The van der Waals surface area contributed by atoms with Gasteiger partial charge in [-0.3, -0.25) is 4.79 Å². The molecule has 0 aliphatic heterocycles. The molecule has 0 aliphatic carbocycles. The number of nitrogens with zero attached hydrogens (tertiary/aromatic N) is 3. The van der Waals surface area contributed by atoms with E-state index >= 15 is 0 Å². The number of benzene rings is 2. The summed E-state index contributed by atoms with van der Waals surface area (Å²) in [5.74, 6) is 1.30. The molecule has 0 saturated carbocycles. The lowest BCUT2D eigenvalue weighted by Gasteiger charge is -1.98. The van der Waals surface area contributed by atoms with Crippen molar-refractivity contribution in [2.75, 3.05) is 7.11 Å². The highest BCUT2D eigenvalue weighted by atomic mass is 32.1. The number of fused-ring (bicyclic) bond motifs is 1. The Labute approximate surface area is 159 Å². The molecule has 0 N–H and O–H groups in total. The van der Waals surface area contributed by atoms with Crippen molar-refractivity contribution in [1.29, 1.82) is 0 Å². The van der Waals surface area contributed by atoms with E-state index in [2.05, 4.69) is 29.1 Å². The number of hydrogen-bond donors (Lipinski definition) is 0. The third kappa shape index (κ3) is 3.66. The summed E-state index contributed by atoms with van der Waals surface area (Å²) in [5, 5.41) is 4.31. The van der Waals surface area contributed by atoms with Crippen LogP contribution in [0.4, 0.5) is 0 Å². The van der Waals surface area contributed by atoms with Crippen LogP contribution in [0.2, 0.25) is 0 Å². The second-order valence-electron chi connectivity index (χ2n) is 6.10. The van der Waals surface area contributed by atoms with E-state index in [1.54, 1.807) is 7.11 Å². The molecule has 0 amide bonds. The van der Waals surface area contributed by atoms with Crippen LogP contribution in [0.1, 0.15) is 22.5 Å². The molecule has 0 radical (unpaired) electrons. The van der Waals surface area contributed by atoms with E-state index < -0.39 is 0 Å². The minimum atomic E-state index is -0.159. The molecule has 6 heteroatoms. The first-order valence-corrected chi connectivity index (χ1v) is 9.24. The standard InChI is InChI=1S/C21H17N3O2S/c1-14-3-5-15(6-4-14)9-12-19-22-21-24(23-19)20(25)18(27-21)13-16-7-10-17(26-2)11-8-16/h3-13H,1-2H3/b12-9+,18-13-. The van der Waals surface area contributed by atoms with Gasteiger partial charge in [0.15, 0.2) is 5.82 Å². The van der Waals surface area contributed by atoms with Crippen molar-refractivity contribution in [3.63, 3.8) is 0 Å². The highest BCUT2D eigenvalue weighted by molar-refractivity contribution is 7.15. The summed E-state index contributed by atoms with van der Waals surface area (Å²) in [6.45, 7) is 2.05. The average molecular weight is 375 g/mol. The highest BCUT2D eigenvalue weighted by Crippen LogP contribution is 2.12. The van der Waals surface area contributed by atoms with Gasteiger partial charge in [0.05, 0.1) is 11.6 Å². The smallest absolute Gasteiger partial charge is 0.291 e. The number of ether oxygens (including phenoxy) is 1. The monoisotopic (exact) mass is 375 g/mol. The lowest BCUT2D eigenvalue weighted by Crippen LogP contribution is -2.23. The molecule has 0 atom stereocenters. The fourth-order valence-electron chi connectivity index (χ4n) is 2.62. The Hall–Kier alpha value is -3.25. The SMILES string of the molecule is COc1ccc(/C=c2\sc3nc(/C=C/c4ccc(C)cc4)nn3c2=O)cc1. The Morgan fingerprint density at radius 1 is 1.00 bits per heavy atom. The number of rotatable bonds is 4. The van der Waals surface area contributed by atoms with Crippen molar-refractivity contribution in [2.45, 2.75) is 6.92 Å². The van der Waals surface area contributed by atoms with E-state index in [1.807, 2.05) is 54.6 Å². The first-order chi connectivity index (χ1) is 13.1. The van der Waals surface area contributed by atoms with Crippen molar-refractivity contribution in [2.24, 2.45) is 0 Å². The van der Waals surface area contributed by atoms with E-state index in [4.69, 9.17) is 4.74 Å². The molecule has 0 saturated heterocycles. The lowest BCUT2D eigenvalue weighted by atomic mass is 10.1. The van der Waals surface area contributed by atoms with E-state index in [0.29, 0.717) is 15.3 Å². The van der Waals surface area contributed by atoms with E-state index in [1.165, 1.54) is 21.4 Å². The Morgan fingerprint density at radius 3 is 2.37 bits per heavy atom. The van der Waals surface area contributed by atoms with Crippen LogP contribution >= 0.6 is 11.3 Å². The molecule has 27 heavy (non-hydrogen) atoms.